The van der Waals surface area contributed by atoms with Crippen LogP contribution in [0.15, 0.2) is 110 Å². The predicted octanol–water partition coefficient (Wildman–Crippen LogP) is 12.9. The molecule has 0 saturated heterocycles. The number of hydrogen-bond acceptors (Lipinski definition) is 5. The van der Waals surface area contributed by atoms with Gasteiger partial charge in [0.15, 0.2) is 0 Å². The van der Waals surface area contributed by atoms with Gasteiger partial charge in [0.05, 0.1) is 22.7 Å². The Kier molecular flexibility index (Phi) is 17.2. The maximum atomic E-state index is 14.5. The van der Waals surface area contributed by atoms with Gasteiger partial charge in [-0.3, -0.25) is 9.59 Å². The first kappa shape index (κ1) is 49.6. The molecule has 1 aliphatic heterocycles. The summed E-state index contributed by atoms with van der Waals surface area (Å²) >= 11 is 0. The topological polar surface area (TPSA) is 138 Å². The first-order chi connectivity index (χ1) is 30.0. The Balaban J connectivity index is 0.00000167. The second-order valence-corrected chi connectivity index (χ2v) is 16.9. The molecule has 2 amide bonds. The summed E-state index contributed by atoms with van der Waals surface area (Å²) in [5, 5.41) is 20.9. The van der Waals surface area contributed by atoms with Crippen molar-refractivity contribution in [3.05, 3.63) is 143 Å². The lowest BCUT2D eigenvalue weighted by Crippen LogP contribution is -2.49. The summed E-state index contributed by atoms with van der Waals surface area (Å²) in [7, 11) is 0. The van der Waals surface area contributed by atoms with Gasteiger partial charge in [0.1, 0.15) is 0 Å². The van der Waals surface area contributed by atoms with Crippen LogP contribution in [0.3, 0.4) is 0 Å². The highest BCUT2D eigenvalue weighted by atomic mass is 16.4. The summed E-state index contributed by atoms with van der Waals surface area (Å²) in [6.07, 6.45) is 9.51. The molecule has 1 unspecified atom stereocenters. The van der Waals surface area contributed by atoms with Crippen molar-refractivity contribution in [1.29, 1.82) is 0 Å². The van der Waals surface area contributed by atoms with Crippen molar-refractivity contribution < 1.29 is 19.5 Å². The highest BCUT2D eigenvalue weighted by Gasteiger charge is 2.39. The van der Waals surface area contributed by atoms with Crippen molar-refractivity contribution in [1.82, 2.24) is 9.88 Å². The Morgan fingerprint density at radius 2 is 1.54 bits per heavy atom. The van der Waals surface area contributed by atoms with Crippen molar-refractivity contribution >= 4 is 40.1 Å². The van der Waals surface area contributed by atoms with Gasteiger partial charge in [0.2, 0.25) is 5.91 Å². The molecule has 6 N–H and O–H groups in total. The highest BCUT2D eigenvalue weighted by Crippen LogP contribution is 2.47. The molecule has 336 valence electrons. The molecule has 2 aliphatic rings. The van der Waals surface area contributed by atoms with Crippen LogP contribution in [0.4, 0.5) is 11.4 Å². The van der Waals surface area contributed by atoms with Crippen molar-refractivity contribution in [3.8, 4) is 11.3 Å². The van der Waals surface area contributed by atoms with Gasteiger partial charge in [-0.15, -0.1) is 6.58 Å². The van der Waals surface area contributed by atoms with E-state index in [9.17, 15) is 19.5 Å². The monoisotopic (exact) mass is 854 g/mol. The lowest BCUT2D eigenvalue weighted by molar-refractivity contribution is -0.122. The number of aromatic carboxylic acids is 1. The number of aryl methyl sites for hydroxylation is 1. The molecule has 0 bridgehead atoms. The SMILES string of the molecule is C=C(C)C(=C)C(=C)Nc1ccc2c(c1C)CC(C(N)=O)Cn1c-2c(C(CCC)CCC)c2ccc(C(=O)NC3(C(=C)Nc4cc(C(=O)O)ccc4C)CCCC3)cc21.C=CC.CC. The third kappa shape index (κ3) is 10.8. The van der Waals surface area contributed by atoms with Crippen molar-refractivity contribution in [2.75, 3.05) is 10.6 Å². The van der Waals surface area contributed by atoms with Gasteiger partial charge >= 0.3 is 5.97 Å². The molecule has 9 nitrogen and oxygen atoms in total. The third-order valence-electron chi connectivity index (χ3n) is 12.5. The average Bonchev–Trinajstić information content (AvgIpc) is 3.80. The number of aromatic nitrogens is 1. The van der Waals surface area contributed by atoms with E-state index in [1.165, 1.54) is 5.56 Å². The van der Waals surface area contributed by atoms with E-state index in [4.69, 9.17) is 5.73 Å². The van der Waals surface area contributed by atoms with E-state index in [1.54, 1.807) is 24.3 Å². The Labute approximate surface area is 376 Å². The predicted molar refractivity (Wildman–Crippen MR) is 265 cm³/mol. The second-order valence-electron chi connectivity index (χ2n) is 16.9. The summed E-state index contributed by atoms with van der Waals surface area (Å²) < 4.78 is 2.25. The van der Waals surface area contributed by atoms with Gasteiger partial charge in [-0.05, 0) is 129 Å². The van der Waals surface area contributed by atoms with E-state index < -0.39 is 17.4 Å². The number of anilines is 2. The highest BCUT2D eigenvalue weighted by molar-refractivity contribution is 6.02. The number of carboxylic acid groups (broad SMARTS) is 1. The first-order valence-corrected chi connectivity index (χ1v) is 22.6. The number of amides is 2. The van der Waals surface area contributed by atoms with Gasteiger partial charge in [-0.1, -0.05) is 104 Å². The van der Waals surface area contributed by atoms with Gasteiger partial charge in [-0.2, -0.15) is 0 Å². The molecule has 3 aromatic carbocycles. The summed E-state index contributed by atoms with van der Waals surface area (Å²) in [5.74, 6) is -1.82. The minimum atomic E-state index is -1.01. The molecule has 0 spiro atoms. The van der Waals surface area contributed by atoms with Crippen LogP contribution >= 0.6 is 0 Å². The Hall–Kier alpha value is -6.09. The number of allylic oxidation sites excluding steroid dienone is 2. The van der Waals surface area contributed by atoms with Gasteiger partial charge in [-0.25, -0.2) is 4.79 Å². The number of nitrogens with one attached hydrogen (secondary N) is 3. The minimum absolute atomic E-state index is 0.175. The minimum Gasteiger partial charge on any atom is -0.478 e. The lowest BCUT2D eigenvalue weighted by Gasteiger charge is -2.33. The Bertz CT molecular complexity index is 2400. The molecule has 2 heterocycles. The number of fused-ring (bicyclic) bond motifs is 5. The summed E-state index contributed by atoms with van der Waals surface area (Å²) in [4.78, 5) is 39.5. The molecular weight excluding hydrogens is 783 g/mol. The van der Waals surface area contributed by atoms with Crippen LogP contribution < -0.4 is 21.7 Å². The maximum absolute atomic E-state index is 14.5. The van der Waals surface area contributed by atoms with Crippen molar-refractivity contribution in [2.24, 2.45) is 11.7 Å². The van der Waals surface area contributed by atoms with E-state index >= 15 is 0 Å². The smallest absolute Gasteiger partial charge is 0.335 e. The van der Waals surface area contributed by atoms with Crippen molar-refractivity contribution in [2.45, 2.75) is 131 Å². The molecule has 63 heavy (non-hydrogen) atoms. The number of primary amides is 1. The molecule has 1 aromatic heterocycles. The van der Waals surface area contributed by atoms with Crippen LogP contribution in [0, 0.1) is 19.8 Å². The number of benzene rings is 3. The van der Waals surface area contributed by atoms with Crippen LogP contribution in [0.1, 0.15) is 142 Å². The normalized spacial score (nSPS) is 14.7. The van der Waals surface area contributed by atoms with Gasteiger partial charge in [0, 0.05) is 51.3 Å². The van der Waals surface area contributed by atoms with Crippen LogP contribution in [-0.4, -0.2) is 33.0 Å². The largest absolute Gasteiger partial charge is 0.478 e. The number of carbonyl (C=O) groups excluding carboxylic acids is 2. The fourth-order valence-electron chi connectivity index (χ4n) is 9.08. The molecule has 1 fully saturated rings. The van der Waals surface area contributed by atoms with Crippen LogP contribution in [0.25, 0.3) is 22.2 Å². The maximum Gasteiger partial charge on any atom is 0.335 e. The number of carboxylic acids is 1. The summed E-state index contributed by atoms with van der Waals surface area (Å²) in [6, 6.07) is 15.2. The molecule has 1 saturated carbocycles. The number of rotatable bonds is 16. The molecule has 1 atom stereocenters. The van der Waals surface area contributed by atoms with E-state index in [0.717, 1.165) is 94.2 Å². The third-order valence-corrected chi connectivity index (χ3v) is 12.5. The lowest BCUT2D eigenvalue weighted by atomic mass is 9.84. The summed E-state index contributed by atoms with van der Waals surface area (Å²) in [6.45, 7) is 36.8. The van der Waals surface area contributed by atoms with Gasteiger partial charge in [0.25, 0.3) is 5.91 Å². The van der Waals surface area contributed by atoms with Crippen LogP contribution in [-0.2, 0) is 17.8 Å². The zero-order valence-electron chi connectivity index (χ0n) is 39.2. The summed E-state index contributed by atoms with van der Waals surface area (Å²) in [5.41, 5.74) is 17.8. The molecule has 0 radical (unpaired) electrons. The van der Waals surface area contributed by atoms with E-state index in [2.05, 4.69) is 92.4 Å². The second kappa shape index (κ2) is 21.8. The number of nitrogens with two attached hydrogens (primary N) is 1. The van der Waals surface area contributed by atoms with Crippen molar-refractivity contribution in [3.63, 3.8) is 0 Å². The first-order valence-electron chi connectivity index (χ1n) is 22.6. The van der Waals surface area contributed by atoms with E-state index in [1.807, 2.05) is 46.8 Å². The average molecular weight is 854 g/mol. The molecule has 9 heteroatoms. The molecular formula is C54H71N5O4. The quantitative estimate of drug-likeness (QED) is 0.0562. The van der Waals surface area contributed by atoms with E-state index in [0.29, 0.717) is 48.5 Å². The van der Waals surface area contributed by atoms with Gasteiger partial charge < -0.3 is 31.4 Å². The van der Waals surface area contributed by atoms with E-state index in [-0.39, 0.29) is 23.3 Å². The zero-order valence-corrected chi connectivity index (χ0v) is 39.2. The molecule has 4 aromatic rings. The number of carbonyl (C=O) groups is 3. The van der Waals surface area contributed by atoms with Crippen LogP contribution in [0.2, 0.25) is 0 Å². The fraction of sp³-hybridized carbons (Fsp3) is 0.389. The Morgan fingerprint density at radius 1 is 0.921 bits per heavy atom. The number of hydrogen-bond donors (Lipinski definition) is 5. The standard InChI is InChI=1S/C49H59N5O4.C3H6.C2H6/c1-10-14-34(15-11-2)44-39-19-18-35(47(56)53-49(22-12-13-23-49)33(9)52-42-25-36(48(57)58)17-16-29(42)5)26-43(39)54-27-37(46(50)55)24-40-31(7)41(21-20-38(40)45(44)54)51-32(8)30(6)28(3)4;1-3-2;1-2/h16-21,25-26,34,37,51-52H,3,6,8-15,22-24,27H2,1-2,4-5,7H3,(H2,50,55)(H,53,56)(H,57,58);3H,1H2,2H3;1-2H3. The molecule has 1 aliphatic carbocycles. The fourth-order valence-corrected chi connectivity index (χ4v) is 9.08. The van der Waals surface area contributed by atoms with Crippen LogP contribution in [0.5, 0.6) is 0 Å². The zero-order chi connectivity index (χ0) is 46.8. The molecule has 6 rings (SSSR count). The number of nitrogens with zero attached hydrogens (tertiary/aromatic N) is 1. The Morgan fingerprint density at radius 3 is 2.11 bits per heavy atom.